The van der Waals surface area contributed by atoms with E-state index >= 15 is 0 Å². The van der Waals surface area contributed by atoms with Gasteiger partial charge in [0, 0.05) is 7.05 Å². The van der Waals surface area contributed by atoms with Crippen molar-refractivity contribution in [2.75, 3.05) is 6.54 Å². The summed E-state index contributed by atoms with van der Waals surface area (Å²) >= 11 is 0. The highest BCUT2D eigenvalue weighted by molar-refractivity contribution is 5.78. The highest BCUT2D eigenvalue weighted by atomic mass is 16.2. The minimum absolute atomic E-state index is 0.170. The molecule has 3 rings (SSSR count). The van der Waals surface area contributed by atoms with Crippen LogP contribution in [-0.4, -0.2) is 15.7 Å². The molecule has 1 aliphatic rings. The van der Waals surface area contributed by atoms with Crippen molar-refractivity contribution in [3.05, 3.63) is 44.6 Å². The van der Waals surface area contributed by atoms with Crippen LogP contribution in [0.1, 0.15) is 24.6 Å². The summed E-state index contributed by atoms with van der Waals surface area (Å²) in [5, 5.41) is 3.81. The zero-order valence-electron chi connectivity index (χ0n) is 11.1. The zero-order chi connectivity index (χ0) is 13.6. The molecule has 1 saturated heterocycles. The monoisotopic (exact) mass is 259 g/mol. The molecule has 1 aromatic carbocycles. The van der Waals surface area contributed by atoms with Gasteiger partial charge in [0.2, 0.25) is 0 Å². The van der Waals surface area contributed by atoms with Gasteiger partial charge in [-0.2, -0.15) is 0 Å². The molecule has 19 heavy (non-hydrogen) atoms. The second-order valence-electron chi connectivity index (χ2n) is 5.15. The molecule has 1 fully saturated rings. The van der Waals surface area contributed by atoms with E-state index in [1.165, 1.54) is 4.57 Å². The summed E-state index contributed by atoms with van der Waals surface area (Å²) in [6.07, 6.45) is 1.65. The lowest BCUT2D eigenvalue weighted by Crippen LogP contribution is -2.44. The molecular formula is C14H17N3O2. The van der Waals surface area contributed by atoms with Crippen molar-refractivity contribution in [3.63, 3.8) is 0 Å². The molecule has 100 valence electrons. The summed E-state index contributed by atoms with van der Waals surface area (Å²) in [7, 11) is 1.72. The fourth-order valence-electron chi connectivity index (χ4n) is 2.74. The summed E-state index contributed by atoms with van der Waals surface area (Å²) in [4.78, 5) is 24.9. The van der Waals surface area contributed by atoms with Gasteiger partial charge in [0.1, 0.15) is 0 Å². The molecule has 0 bridgehead atoms. The third-order valence-corrected chi connectivity index (χ3v) is 3.80. The van der Waals surface area contributed by atoms with Gasteiger partial charge >= 0.3 is 5.69 Å². The molecule has 0 spiro atoms. The molecule has 1 unspecified atom stereocenters. The van der Waals surface area contributed by atoms with E-state index in [1.807, 2.05) is 19.1 Å². The maximum Gasteiger partial charge on any atom is 0.332 e. The Kier molecular flexibility index (Phi) is 2.78. The summed E-state index contributed by atoms with van der Waals surface area (Å²) in [5.41, 5.74) is 1.29. The first-order valence-corrected chi connectivity index (χ1v) is 6.55. The second-order valence-corrected chi connectivity index (χ2v) is 5.15. The number of nitrogens with zero attached hydrogens (tertiary/aromatic N) is 2. The smallest absolute Gasteiger partial charge is 0.297 e. The van der Waals surface area contributed by atoms with E-state index in [-0.39, 0.29) is 17.4 Å². The van der Waals surface area contributed by atoms with Crippen LogP contribution < -0.4 is 16.6 Å². The Balaban J connectivity index is 2.38. The Morgan fingerprint density at radius 2 is 2.11 bits per heavy atom. The van der Waals surface area contributed by atoms with Crippen molar-refractivity contribution < 1.29 is 0 Å². The van der Waals surface area contributed by atoms with E-state index in [0.717, 1.165) is 24.9 Å². The minimum Gasteiger partial charge on any atom is -0.297 e. The van der Waals surface area contributed by atoms with Crippen molar-refractivity contribution in [1.82, 2.24) is 14.5 Å². The Bertz CT molecular complexity index is 752. The van der Waals surface area contributed by atoms with E-state index in [4.69, 9.17) is 0 Å². The lowest BCUT2D eigenvalue weighted by molar-refractivity contribution is 0.430. The van der Waals surface area contributed by atoms with Crippen molar-refractivity contribution >= 4 is 10.9 Å². The van der Waals surface area contributed by atoms with Gasteiger partial charge in [-0.1, -0.05) is 6.07 Å². The van der Waals surface area contributed by atoms with E-state index in [2.05, 4.69) is 5.32 Å². The van der Waals surface area contributed by atoms with Gasteiger partial charge in [0.25, 0.3) is 5.56 Å². The number of aromatic nitrogens is 2. The van der Waals surface area contributed by atoms with Gasteiger partial charge in [0.05, 0.1) is 17.1 Å². The normalized spacial score (nSPS) is 19.2. The number of hydrogen-bond acceptors (Lipinski definition) is 3. The molecule has 1 atom stereocenters. The molecule has 1 aromatic heterocycles. The van der Waals surface area contributed by atoms with Crippen LogP contribution in [0, 0.1) is 6.92 Å². The molecule has 0 saturated carbocycles. The number of aryl methyl sites for hydroxylation is 2. The van der Waals surface area contributed by atoms with Crippen LogP contribution in [0.3, 0.4) is 0 Å². The quantitative estimate of drug-likeness (QED) is 0.827. The first-order chi connectivity index (χ1) is 9.09. The highest BCUT2D eigenvalue weighted by Gasteiger charge is 2.21. The van der Waals surface area contributed by atoms with Gasteiger partial charge in [0.15, 0.2) is 0 Å². The number of rotatable bonds is 1. The molecule has 5 heteroatoms. The zero-order valence-corrected chi connectivity index (χ0v) is 11.1. The van der Waals surface area contributed by atoms with Gasteiger partial charge in [-0.3, -0.25) is 14.7 Å². The summed E-state index contributed by atoms with van der Waals surface area (Å²) < 4.78 is 2.91. The van der Waals surface area contributed by atoms with Crippen LogP contribution in [0.15, 0.2) is 27.8 Å². The number of hydrogen-bond donors (Lipinski definition) is 1. The summed E-state index contributed by atoms with van der Waals surface area (Å²) in [5.74, 6) is 0. The largest absolute Gasteiger partial charge is 0.332 e. The van der Waals surface area contributed by atoms with Crippen LogP contribution in [0.5, 0.6) is 0 Å². The number of nitrogens with one attached hydrogen (secondary N) is 1. The highest BCUT2D eigenvalue weighted by Crippen LogP contribution is 2.15. The standard InChI is InChI=1S/C14H17N3O2/c1-9-5-6-10-11(8-9)16(2)14(19)17(13(10)18)12-4-3-7-15-12/h5-6,8,12,15H,3-4,7H2,1-2H3. The first-order valence-electron chi connectivity index (χ1n) is 6.55. The fourth-order valence-corrected chi connectivity index (χ4v) is 2.74. The number of fused-ring (bicyclic) bond motifs is 1. The Morgan fingerprint density at radius 3 is 2.79 bits per heavy atom. The van der Waals surface area contributed by atoms with E-state index in [9.17, 15) is 9.59 Å². The fraction of sp³-hybridized carbons (Fsp3) is 0.429. The third kappa shape index (κ3) is 1.81. The molecule has 0 aliphatic carbocycles. The molecule has 1 aliphatic heterocycles. The number of benzene rings is 1. The molecule has 2 heterocycles. The Morgan fingerprint density at radius 1 is 1.32 bits per heavy atom. The summed E-state index contributed by atoms with van der Waals surface area (Å²) in [6, 6.07) is 5.59. The van der Waals surface area contributed by atoms with Crippen LogP contribution in [-0.2, 0) is 7.05 Å². The molecule has 0 amide bonds. The maximum absolute atomic E-state index is 12.5. The van der Waals surface area contributed by atoms with Crippen molar-refractivity contribution in [2.45, 2.75) is 25.9 Å². The van der Waals surface area contributed by atoms with Crippen LogP contribution in [0.2, 0.25) is 0 Å². The maximum atomic E-state index is 12.5. The lowest BCUT2D eigenvalue weighted by Gasteiger charge is -2.16. The molecule has 0 radical (unpaired) electrons. The van der Waals surface area contributed by atoms with Crippen LogP contribution in [0.4, 0.5) is 0 Å². The molecular weight excluding hydrogens is 242 g/mol. The van der Waals surface area contributed by atoms with Crippen molar-refractivity contribution in [2.24, 2.45) is 7.05 Å². The van der Waals surface area contributed by atoms with Crippen LogP contribution in [0.25, 0.3) is 10.9 Å². The van der Waals surface area contributed by atoms with Gasteiger partial charge < -0.3 is 0 Å². The summed E-state index contributed by atoms with van der Waals surface area (Å²) in [6.45, 7) is 2.81. The first kappa shape index (κ1) is 12.2. The van der Waals surface area contributed by atoms with Gasteiger partial charge in [-0.25, -0.2) is 9.36 Å². The van der Waals surface area contributed by atoms with Crippen molar-refractivity contribution in [3.8, 4) is 0 Å². The molecule has 2 aromatic rings. The average Bonchev–Trinajstić information content (AvgIpc) is 2.90. The van der Waals surface area contributed by atoms with E-state index < -0.39 is 0 Å². The van der Waals surface area contributed by atoms with Crippen LogP contribution >= 0.6 is 0 Å². The SMILES string of the molecule is Cc1ccc2c(=O)n(C3CCCN3)c(=O)n(C)c2c1. The topological polar surface area (TPSA) is 56.0 Å². The Labute approximate surface area is 110 Å². The minimum atomic E-state index is -0.248. The van der Waals surface area contributed by atoms with E-state index in [0.29, 0.717) is 10.9 Å². The predicted molar refractivity (Wildman–Crippen MR) is 74.5 cm³/mol. The lowest BCUT2D eigenvalue weighted by atomic mass is 10.1. The average molecular weight is 259 g/mol. The molecule has 5 nitrogen and oxygen atoms in total. The second kappa shape index (κ2) is 4.35. The van der Waals surface area contributed by atoms with Crippen molar-refractivity contribution in [1.29, 1.82) is 0 Å². The predicted octanol–water partition coefficient (Wildman–Crippen LogP) is 0.891. The van der Waals surface area contributed by atoms with Gasteiger partial charge in [-0.15, -0.1) is 0 Å². The Hall–Kier alpha value is -1.88. The molecule has 1 N–H and O–H groups in total. The van der Waals surface area contributed by atoms with Gasteiger partial charge in [-0.05, 0) is 44.0 Å². The van der Waals surface area contributed by atoms with E-state index in [1.54, 1.807) is 17.7 Å². The third-order valence-electron chi connectivity index (χ3n) is 3.80.